The largest absolute Gasteiger partial charge is 0.379 e. The first kappa shape index (κ1) is 17.2. The molecule has 1 aliphatic heterocycles. The van der Waals surface area contributed by atoms with Gasteiger partial charge in [0.15, 0.2) is 0 Å². The molecule has 0 amide bonds. The van der Waals surface area contributed by atoms with E-state index in [0.717, 1.165) is 32.7 Å². The highest BCUT2D eigenvalue weighted by Gasteiger charge is 2.43. The maximum absolute atomic E-state index is 6.36. The average molecular weight is 324 g/mol. The van der Waals surface area contributed by atoms with Crippen molar-refractivity contribution in [3.05, 3.63) is 71.8 Å². The number of morpholine rings is 1. The lowest BCUT2D eigenvalue weighted by Crippen LogP contribution is -2.57. The highest BCUT2D eigenvalue weighted by molar-refractivity contribution is 5.42. The molecule has 2 N–H and O–H groups in total. The number of hydrogen-bond acceptors (Lipinski definition) is 3. The minimum atomic E-state index is -0.103. The van der Waals surface area contributed by atoms with E-state index >= 15 is 0 Å². The van der Waals surface area contributed by atoms with Gasteiger partial charge in [0.05, 0.1) is 13.2 Å². The van der Waals surface area contributed by atoms with E-state index in [0.29, 0.717) is 6.54 Å². The fourth-order valence-electron chi connectivity index (χ4n) is 4.22. The topological polar surface area (TPSA) is 38.5 Å². The monoisotopic (exact) mass is 324 g/mol. The van der Waals surface area contributed by atoms with Crippen LogP contribution in [-0.2, 0) is 10.2 Å². The first-order valence-corrected chi connectivity index (χ1v) is 8.96. The van der Waals surface area contributed by atoms with Gasteiger partial charge in [-0.1, -0.05) is 67.6 Å². The Labute approximate surface area is 145 Å². The molecule has 3 heteroatoms. The Morgan fingerprint density at radius 3 is 1.88 bits per heavy atom. The van der Waals surface area contributed by atoms with Crippen LogP contribution >= 0.6 is 0 Å². The van der Waals surface area contributed by atoms with Gasteiger partial charge in [0.25, 0.3) is 0 Å². The minimum absolute atomic E-state index is 0.103. The molecule has 24 heavy (non-hydrogen) atoms. The first-order chi connectivity index (χ1) is 11.8. The van der Waals surface area contributed by atoms with E-state index in [9.17, 15) is 0 Å². The summed E-state index contributed by atoms with van der Waals surface area (Å²) in [5.41, 5.74) is 8.95. The molecular weight excluding hydrogens is 296 g/mol. The van der Waals surface area contributed by atoms with Gasteiger partial charge in [0.2, 0.25) is 0 Å². The lowest BCUT2D eigenvalue weighted by Gasteiger charge is -2.47. The Bertz CT molecular complexity index is 569. The summed E-state index contributed by atoms with van der Waals surface area (Å²) in [4.78, 5) is 2.52. The van der Waals surface area contributed by atoms with E-state index in [1.54, 1.807) is 0 Å². The highest BCUT2D eigenvalue weighted by Crippen LogP contribution is 2.41. The van der Waals surface area contributed by atoms with E-state index in [2.05, 4.69) is 72.5 Å². The van der Waals surface area contributed by atoms with Crippen LogP contribution in [-0.4, -0.2) is 43.8 Å². The molecule has 0 saturated carbocycles. The number of rotatable bonds is 6. The van der Waals surface area contributed by atoms with E-state index < -0.39 is 0 Å². The second kappa shape index (κ2) is 7.93. The molecule has 3 nitrogen and oxygen atoms in total. The third-order valence-electron chi connectivity index (χ3n) is 5.41. The minimum Gasteiger partial charge on any atom is -0.379 e. The van der Waals surface area contributed by atoms with E-state index in [-0.39, 0.29) is 11.5 Å². The second-order valence-corrected chi connectivity index (χ2v) is 6.46. The molecule has 128 valence electrons. The van der Waals surface area contributed by atoms with Gasteiger partial charge in [-0.3, -0.25) is 4.90 Å². The predicted molar refractivity (Wildman–Crippen MR) is 99.2 cm³/mol. The summed E-state index contributed by atoms with van der Waals surface area (Å²) in [6, 6.07) is 22.0. The van der Waals surface area contributed by atoms with Crippen LogP contribution in [0.3, 0.4) is 0 Å². The van der Waals surface area contributed by atoms with Crippen LogP contribution in [0.2, 0.25) is 0 Å². The molecule has 1 aliphatic rings. The average Bonchev–Trinajstić information content (AvgIpc) is 2.68. The van der Waals surface area contributed by atoms with Crippen LogP contribution in [0.5, 0.6) is 0 Å². The molecule has 1 unspecified atom stereocenters. The zero-order chi connectivity index (χ0) is 16.8. The summed E-state index contributed by atoms with van der Waals surface area (Å²) in [5, 5.41) is 0. The second-order valence-electron chi connectivity index (χ2n) is 6.46. The van der Waals surface area contributed by atoms with Crippen molar-refractivity contribution in [2.75, 3.05) is 32.8 Å². The van der Waals surface area contributed by atoms with E-state index in [1.807, 2.05) is 0 Å². The standard InChI is InChI=1S/C21H28N2O/c1-2-21(18-9-5-3-6-10-18,19-11-7-4-8-12-19)20(17-22)23-13-15-24-16-14-23/h3-12,20H,2,13-17,22H2,1H3. The normalized spacial score (nSPS) is 17.6. The summed E-state index contributed by atoms with van der Waals surface area (Å²) >= 11 is 0. The SMILES string of the molecule is CCC(c1ccccc1)(c1ccccc1)C(CN)N1CCOCC1. The molecule has 0 spiro atoms. The first-order valence-electron chi connectivity index (χ1n) is 8.96. The maximum atomic E-state index is 6.36. The Hall–Kier alpha value is -1.68. The Morgan fingerprint density at radius 1 is 0.958 bits per heavy atom. The lowest BCUT2D eigenvalue weighted by molar-refractivity contribution is 0.00277. The number of ether oxygens (including phenoxy) is 1. The third-order valence-corrected chi connectivity index (χ3v) is 5.41. The molecule has 1 heterocycles. The van der Waals surface area contributed by atoms with Crippen molar-refractivity contribution in [1.29, 1.82) is 0 Å². The number of hydrogen-bond donors (Lipinski definition) is 1. The van der Waals surface area contributed by atoms with Crippen molar-refractivity contribution in [1.82, 2.24) is 4.90 Å². The van der Waals surface area contributed by atoms with E-state index in [4.69, 9.17) is 10.5 Å². The van der Waals surface area contributed by atoms with Crippen LogP contribution < -0.4 is 5.73 Å². The van der Waals surface area contributed by atoms with Crippen LogP contribution in [0.15, 0.2) is 60.7 Å². The maximum Gasteiger partial charge on any atom is 0.0594 e. The predicted octanol–water partition coefficient (Wildman–Crippen LogP) is 3.04. The zero-order valence-corrected chi connectivity index (χ0v) is 14.5. The smallest absolute Gasteiger partial charge is 0.0594 e. The molecule has 1 atom stereocenters. The fourth-order valence-corrected chi connectivity index (χ4v) is 4.22. The van der Waals surface area contributed by atoms with Gasteiger partial charge in [-0.2, -0.15) is 0 Å². The Morgan fingerprint density at radius 2 is 1.46 bits per heavy atom. The van der Waals surface area contributed by atoms with Gasteiger partial charge >= 0.3 is 0 Å². The highest BCUT2D eigenvalue weighted by atomic mass is 16.5. The van der Waals surface area contributed by atoms with Crippen LogP contribution in [0.4, 0.5) is 0 Å². The molecule has 1 saturated heterocycles. The van der Waals surface area contributed by atoms with Gasteiger partial charge in [-0.15, -0.1) is 0 Å². The van der Waals surface area contributed by atoms with Gasteiger partial charge in [0, 0.05) is 31.1 Å². The zero-order valence-electron chi connectivity index (χ0n) is 14.5. The van der Waals surface area contributed by atoms with Crippen LogP contribution in [0, 0.1) is 0 Å². The van der Waals surface area contributed by atoms with Crippen molar-refractivity contribution in [3.63, 3.8) is 0 Å². The Balaban J connectivity index is 2.13. The van der Waals surface area contributed by atoms with E-state index in [1.165, 1.54) is 11.1 Å². The van der Waals surface area contributed by atoms with Gasteiger partial charge < -0.3 is 10.5 Å². The third kappa shape index (κ3) is 3.12. The molecule has 0 radical (unpaired) electrons. The summed E-state index contributed by atoms with van der Waals surface area (Å²) in [6.45, 7) is 6.40. The lowest BCUT2D eigenvalue weighted by atomic mass is 9.66. The van der Waals surface area contributed by atoms with Crippen molar-refractivity contribution >= 4 is 0 Å². The molecular formula is C21H28N2O. The molecule has 0 aliphatic carbocycles. The van der Waals surface area contributed by atoms with Crippen molar-refractivity contribution in [2.45, 2.75) is 24.8 Å². The Kier molecular flexibility index (Phi) is 5.67. The summed E-state index contributed by atoms with van der Waals surface area (Å²) in [5.74, 6) is 0. The number of nitrogens with two attached hydrogens (primary N) is 1. The number of benzene rings is 2. The summed E-state index contributed by atoms with van der Waals surface area (Å²) < 4.78 is 5.57. The number of nitrogens with zero attached hydrogens (tertiary/aromatic N) is 1. The quantitative estimate of drug-likeness (QED) is 0.887. The van der Waals surface area contributed by atoms with Gasteiger partial charge in [-0.25, -0.2) is 0 Å². The van der Waals surface area contributed by atoms with Crippen molar-refractivity contribution in [3.8, 4) is 0 Å². The van der Waals surface area contributed by atoms with Crippen molar-refractivity contribution in [2.24, 2.45) is 5.73 Å². The molecule has 0 aromatic heterocycles. The molecule has 2 aromatic carbocycles. The van der Waals surface area contributed by atoms with Crippen LogP contribution in [0.1, 0.15) is 24.5 Å². The fraction of sp³-hybridized carbons (Fsp3) is 0.429. The van der Waals surface area contributed by atoms with Gasteiger partial charge in [-0.05, 0) is 17.5 Å². The van der Waals surface area contributed by atoms with Crippen molar-refractivity contribution < 1.29 is 4.74 Å². The molecule has 0 bridgehead atoms. The molecule has 1 fully saturated rings. The summed E-state index contributed by atoms with van der Waals surface area (Å²) in [7, 11) is 0. The van der Waals surface area contributed by atoms with Crippen LogP contribution in [0.25, 0.3) is 0 Å². The summed E-state index contributed by atoms with van der Waals surface area (Å²) in [6.07, 6.45) is 1.01. The molecule has 2 aromatic rings. The van der Waals surface area contributed by atoms with Gasteiger partial charge in [0.1, 0.15) is 0 Å². The molecule has 3 rings (SSSR count).